The van der Waals surface area contributed by atoms with E-state index >= 15 is 0 Å². The summed E-state index contributed by atoms with van der Waals surface area (Å²) in [6.45, 7) is 3.27. The first kappa shape index (κ1) is 13.1. The van der Waals surface area contributed by atoms with E-state index in [-0.39, 0.29) is 11.7 Å². The molecule has 1 saturated heterocycles. The fourth-order valence-corrected chi connectivity index (χ4v) is 2.75. The van der Waals surface area contributed by atoms with E-state index in [9.17, 15) is 9.18 Å². The number of carbonyl (C=O) groups excluding carboxylic acids is 1. The number of hydrogen-bond acceptors (Lipinski definition) is 3. The van der Waals surface area contributed by atoms with Crippen LogP contribution in [0.3, 0.4) is 0 Å². The predicted molar refractivity (Wildman–Crippen MR) is 72.9 cm³/mol. The number of benzene rings is 1. The highest BCUT2D eigenvalue weighted by Crippen LogP contribution is 2.30. The van der Waals surface area contributed by atoms with Gasteiger partial charge in [-0.3, -0.25) is 4.79 Å². The highest BCUT2D eigenvalue weighted by atomic mass is 19.1. The van der Waals surface area contributed by atoms with Crippen LogP contribution >= 0.6 is 0 Å². The number of oxime groups is 1. The SMILES string of the molecule is CC1(C(=O)N2CCCC2)CC(c2ccccc2F)=NO1. The average molecular weight is 276 g/mol. The lowest BCUT2D eigenvalue weighted by atomic mass is 9.94. The van der Waals surface area contributed by atoms with Crippen LogP contribution in [0.2, 0.25) is 0 Å². The van der Waals surface area contributed by atoms with Crippen molar-refractivity contribution in [2.45, 2.75) is 31.8 Å². The Kier molecular flexibility index (Phi) is 3.20. The number of carbonyl (C=O) groups is 1. The quantitative estimate of drug-likeness (QED) is 0.832. The summed E-state index contributed by atoms with van der Waals surface area (Å²) in [5.74, 6) is -0.391. The van der Waals surface area contributed by atoms with Crippen molar-refractivity contribution in [3.05, 3.63) is 35.6 Å². The zero-order valence-corrected chi connectivity index (χ0v) is 11.4. The van der Waals surface area contributed by atoms with E-state index in [1.54, 1.807) is 30.0 Å². The van der Waals surface area contributed by atoms with Crippen molar-refractivity contribution in [3.8, 4) is 0 Å². The summed E-state index contributed by atoms with van der Waals surface area (Å²) in [5.41, 5.74) is -0.0920. The number of likely N-dealkylation sites (tertiary alicyclic amines) is 1. The molecule has 2 heterocycles. The summed E-state index contributed by atoms with van der Waals surface area (Å²) in [6, 6.07) is 6.42. The second kappa shape index (κ2) is 4.89. The molecule has 0 spiro atoms. The maximum atomic E-state index is 13.8. The third kappa shape index (κ3) is 2.17. The Morgan fingerprint density at radius 1 is 1.35 bits per heavy atom. The fourth-order valence-electron chi connectivity index (χ4n) is 2.75. The molecule has 0 aliphatic carbocycles. The van der Waals surface area contributed by atoms with Crippen molar-refractivity contribution in [1.29, 1.82) is 0 Å². The number of rotatable bonds is 2. The maximum absolute atomic E-state index is 13.8. The molecule has 0 N–H and O–H groups in total. The second-order valence-electron chi connectivity index (χ2n) is 5.52. The van der Waals surface area contributed by atoms with Gasteiger partial charge in [-0.15, -0.1) is 0 Å². The van der Waals surface area contributed by atoms with Crippen LogP contribution in [0.1, 0.15) is 31.7 Å². The lowest BCUT2D eigenvalue weighted by Gasteiger charge is -2.26. The van der Waals surface area contributed by atoms with E-state index in [2.05, 4.69) is 5.16 Å². The van der Waals surface area contributed by atoms with Gasteiger partial charge in [0.05, 0.1) is 5.71 Å². The zero-order chi connectivity index (χ0) is 14.2. The molecule has 1 fully saturated rings. The molecule has 0 bridgehead atoms. The van der Waals surface area contributed by atoms with Gasteiger partial charge < -0.3 is 9.74 Å². The zero-order valence-electron chi connectivity index (χ0n) is 11.4. The van der Waals surface area contributed by atoms with Crippen molar-refractivity contribution in [3.63, 3.8) is 0 Å². The van der Waals surface area contributed by atoms with Crippen LogP contribution in [0.25, 0.3) is 0 Å². The second-order valence-corrected chi connectivity index (χ2v) is 5.52. The molecule has 106 valence electrons. The Labute approximate surface area is 117 Å². The Balaban J connectivity index is 1.77. The van der Waals surface area contributed by atoms with Crippen LogP contribution in [-0.4, -0.2) is 35.2 Å². The van der Waals surface area contributed by atoms with Crippen molar-refractivity contribution in [1.82, 2.24) is 4.90 Å². The monoisotopic (exact) mass is 276 g/mol. The molecule has 5 heteroatoms. The highest BCUT2D eigenvalue weighted by Gasteiger charge is 2.45. The smallest absolute Gasteiger partial charge is 0.269 e. The molecule has 0 radical (unpaired) electrons. The van der Waals surface area contributed by atoms with Crippen LogP contribution in [0.4, 0.5) is 4.39 Å². The first-order valence-corrected chi connectivity index (χ1v) is 6.89. The lowest BCUT2D eigenvalue weighted by molar-refractivity contribution is -0.152. The standard InChI is InChI=1S/C15H17FN2O2/c1-15(14(19)18-8-4-5-9-18)10-13(17-20-15)11-6-2-3-7-12(11)16/h2-3,6-7H,4-5,8-10H2,1H3. The third-order valence-electron chi connectivity index (χ3n) is 3.89. The molecule has 1 unspecified atom stereocenters. The summed E-state index contributed by atoms with van der Waals surface area (Å²) < 4.78 is 13.8. The Morgan fingerprint density at radius 2 is 2.05 bits per heavy atom. The first-order chi connectivity index (χ1) is 9.60. The van der Waals surface area contributed by atoms with E-state index in [1.807, 2.05) is 0 Å². The summed E-state index contributed by atoms with van der Waals surface area (Å²) in [5, 5.41) is 3.94. The first-order valence-electron chi connectivity index (χ1n) is 6.89. The Bertz CT molecular complexity index is 567. The Hall–Kier alpha value is -1.91. The third-order valence-corrected chi connectivity index (χ3v) is 3.89. The van der Waals surface area contributed by atoms with Gasteiger partial charge in [-0.25, -0.2) is 4.39 Å². The van der Waals surface area contributed by atoms with Crippen LogP contribution in [0.15, 0.2) is 29.4 Å². The minimum Gasteiger partial charge on any atom is -0.379 e. The molecular formula is C15H17FN2O2. The summed E-state index contributed by atoms with van der Waals surface area (Å²) in [6.07, 6.45) is 2.37. The van der Waals surface area contributed by atoms with Gasteiger partial charge in [-0.1, -0.05) is 23.4 Å². The van der Waals surface area contributed by atoms with Gasteiger partial charge in [0.25, 0.3) is 5.91 Å². The normalized spacial score (nSPS) is 25.5. The molecule has 0 saturated carbocycles. The van der Waals surface area contributed by atoms with Crippen molar-refractivity contribution < 1.29 is 14.0 Å². The van der Waals surface area contributed by atoms with Gasteiger partial charge in [-0.2, -0.15) is 0 Å². The molecule has 20 heavy (non-hydrogen) atoms. The highest BCUT2D eigenvalue weighted by molar-refractivity contribution is 6.05. The van der Waals surface area contributed by atoms with Crippen LogP contribution in [-0.2, 0) is 9.63 Å². The molecule has 3 rings (SSSR count). The molecule has 1 aromatic rings. The minimum atomic E-state index is -0.998. The van der Waals surface area contributed by atoms with E-state index < -0.39 is 5.60 Å². The molecular weight excluding hydrogens is 259 g/mol. The number of amides is 1. The molecule has 4 nitrogen and oxygen atoms in total. The van der Waals surface area contributed by atoms with Crippen LogP contribution in [0.5, 0.6) is 0 Å². The van der Waals surface area contributed by atoms with Crippen LogP contribution < -0.4 is 0 Å². The number of halogens is 1. The number of hydrogen-bond donors (Lipinski definition) is 0. The van der Waals surface area contributed by atoms with E-state index in [4.69, 9.17) is 4.84 Å². The molecule has 1 amide bonds. The van der Waals surface area contributed by atoms with Gasteiger partial charge in [0, 0.05) is 25.1 Å². The fraction of sp³-hybridized carbons (Fsp3) is 0.467. The molecule has 2 aliphatic rings. The summed E-state index contributed by atoms with van der Waals surface area (Å²) in [7, 11) is 0. The topological polar surface area (TPSA) is 41.9 Å². The van der Waals surface area contributed by atoms with Crippen molar-refractivity contribution >= 4 is 11.6 Å². The summed E-state index contributed by atoms with van der Waals surface area (Å²) >= 11 is 0. The lowest BCUT2D eigenvalue weighted by Crippen LogP contribution is -2.46. The van der Waals surface area contributed by atoms with E-state index in [0.29, 0.717) is 17.7 Å². The maximum Gasteiger partial charge on any atom is 0.269 e. The van der Waals surface area contributed by atoms with Crippen LogP contribution in [0, 0.1) is 5.82 Å². The minimum absolute atomic E-state index is 0.0508. The molecule has 1 atom stereocenters. The van der Waals surface area contributed by atoms with Gasteiger partial charge in [-0.05, 0) is 25.8 Å². The van der Waals surface area contributed by atoms with Gasteiger partial charge >= 0.3 is 0 Å². The summed E-state index contributed by atoms with van der Waals surface area (Å²) in [4.78, 5) is 19.6. The Morgan fingerprint density at radius 3 is 2.75 bits per heavy atom. The predicted octanol–water partition coefficient (Wildman–Crippen LogP) is 2.33. The van der Waals surface area contributed by atoms with Gasteiger partial charge in [0.2, 0.25) is 5.60 Å². The molecule has 1 aromatic carbocycles. The van der Waals surface area contributed by atoms with E-state index in [1.165, 1.54) is 6.07 Å². The number of nitrogens with zero attached hydrogens (tertiary/aromatic N) is 2. The average Bonchev–Trinajstić information content (AvgIpc) is 3.09. The van der Waals surface area contributed by atoms with Crippen molar-refractivity contribution in [2.24, 2.45) is 5.16 Å². The van der Waals surface area contributed by atoms with E-state index in [0.717, 1.165) is 25.9 Å². The molecule has 0 aromatic heterocycles. The van der Waals surface area contributed by atoms with Gasteiger partial charge in [0.1, 0.15) is 5.82 Å². The largest absolute Gasteiger partial charge is 0.379 e. The molecule has 2 aliphatic heterocycles. The van der Waals surface area contributed by atoms with Gasteiger partial charge in [0.15, 0.2) is 0 Å². The van der Waals surface area contributed by atoms with Crippen molar-refractivity contribution in [2.75, 3.05) is 13.1 Å².